The monoisotopic (exact) mass is 175 g/mol. The number of para-hydroxylation sites is 1. The van der Waals surface area contributed by atoms with Crippen molar-refractivity contribution in [2.24, 2.45) is 0 Å². The van der Waals surface area contributed by atoms with E-state index in [4.69, 9.17) is 0 Å². The van der Waals surface area contributed by atoms with Gasteiger partial charge in [0, 0.05) is 12.6 Å². The zero-order valence-corrected chi connectivity index (χ0v) is 7.28. The van der Waals surface area contributed by atoms with Gasteiger partial charge >= 0.3 is 0 Å². The number of anilines is 1. The van der Waals surface area contributed by atoms with E-state index < -0.39 is 0 Å². The van der Waals surface area contributed by atoms with Gasteiger partial charge in [-0.3, -0.25) is 9.59 Å². The van der Waals surface area contributed by atoms with E-state index in [0.717, 1.165) is 17.5 Å². The van der Waals surface area contributed by atoms with E-state index in [1.807, 2.05) is 6.07 Å². The van der Waals surface area contributed by atoms with E-state index >= 15 is 0 Å². The second-order valence-electron chi connectivity index (χ2n) is 3.10. The second-order valence-corrected chi connectivity index (χ2v) is 3.10. The Labute approximate surface area is 76.0 Å². The lowest BCUT2D eigenvalue weighted by Crippen LogP contribution is -2.21. The number of fused-ring (bicyclic) bond motifs is 1. The molecule has 0 unspecified atom stereocenters. The molecule has 0 saturated carbocycles. The van der Waals surface area contributed by atoms with E-state index in [9.17, 15) is 9.59 Å². The standard InChI is InChI=1S/C10H9NO2/c1-11-9(13)5-7-3-2-4-8(6-12)10(7)11/h2-4,6H,5H2,1H3. The molecule has 2 rings (SSSR count). The van der Waals surface area contributed by atoms with Gasteiger partial charge in [0.1, 0.15) is 0 Å². The summed E-state index contributed by atoms with van der Waals surface area (Å²) in [6.45, 7) is 0. The SMILES string of the molecule is CN1C(=O)Cc2cccc(C=O)c21. The first-order chi connectivity index (χ1) is 6.24. The quantitative estimate of drug-likeness (QED) is 0.597. The van der Waals surface area contributed by atoms with E-state index in [-0.39, 0.29) is 5.91 Å². The highest BCUT2D eigenvalue weighted by molar-refractivity contribution is 6.05. The fraction of sp³-hybridized carbons (Fsp3) is 0.200. The van der Waals surface area contributed by atoms with Gasteiger partial charge in [-0.15, -0.1) is 0 Å². The van der Waals surface area contributed by atoms with Crippen LogP contribution in [0, 0.1) is 0 Å². The molecular weight excluding hydrogens is 166 g/mol. The van der Waals surface area contributed by atoms with E-state index in [2.05, 4.69) is 0 Å². The average molecular weight is 175 g/mol. The molecule has 0 N–H and O–H groups in total. The number of nitrogens with zero attached hydrogens (tertiary/aromatic N) is 1. The Balaban J connectivity index is 2.63. The van der Waals surface area contributed by atoms with Crippen LogP contribution >= 0.6 is 0 Å². The number of hydrogen-bond acceptors (Lipinski definition) is 2. The van der Waals surface area contributed by atoms with Crippen molar-refractivity contribution in [1.29, 1.82) is 0 Å². The van der Waals surface area contributed by atoms with E-state index in [0.29, 0.717) is 12.0 Å². The van der Waals surface area contributed by atoms with Crippen LogP contribution in [0.4, 0.5) is 5.69 Å². The second kappa shape index (κ2) is 2.69. The molecule has 1 aliphatic heterocycles. The summed E-state index contributed by atoms with van der Waals surface area (Å²) >= 11 is 0. The van der Waals surface area contributed by atoms with Crippen molar-refractivity contribution in [3.63, 3.8) is 0 Å². The Morgan fingerprint density at radius 1 is 1.46 bits per heavy atom. The maximum atomic E-state index is 11.3. The molecule has 0 saturated heterocycles. The third kappa shape index (κ3) is 1.04. The lowest BCUT2D eigenvalue weighted by molar-refractivity contribution is -0.117. The van der Waals surface area contributed by atoms with Gasteiger partial charge in [0.15, 0.2) is 6.29 Å². The normalized spacial score (nSPS) is 14.5. The largest absolute Gasteiger partial charge is 0.314 e. The van der Waals surface area contributed by atoms with E-state index in [1.165, 1.54) is 0 Å². The predicted octanol–water partition coefficient (Wildman–Crippen LogP) is 1.02. The highest BCUT2D eigenvalue weighted by Gasteiger charge is 2.25. The van der Waals surface area contributed by atoms with Crippen molar-refractivity contribution < 1.29 is 9.59 Å². The minimum atomic E-state index is 0.0456. The zero-order chi connectivity index (χ0) is 9.42. The molecule has 1 amide bonds. The number of benzene rings is 1. The molecule has 1 aromatic rings. The average Bonchev–Trinajstić information content (AvgIpc) is 2.43. The molecule has 66 valence electrons. The molecule has 3 nitrogen and oxygen atoms in total. The first kappa shape index (κ1) is 7.98. The highest BCUT2D eigenvalue weighted by atomic mass is 16.2. The Morgan fingerprint density at radius 3 is 2.92 bits per heavy atom. The van der Waals surface area contributed by atoms with Crippen LogP contribution in [-0.4, -0.2) is 19.2 Å². The molecule has 0 aliphatic carbocycles. The summed E-state index contributed by atoms with van der Waals surface area (Å²) in [6, 6.07) is 5.40. The van der Waals surface area contributed by atoms with Crippen LogP contribution < -0.4 is 4.90 Å². The summed E-state index contributed by atoms with van der Waals surface area (Å²) in [6.07, 6.45) is 1.20. The lowest BCUT2D eigenvalue weighted by atomic mass is 10.1. The van der Waals surface area contributed by atoms with Crippen molar-refractivity contribution in [1.82, 2.24) is 0 Å². The number of amides is 1. The topological polar surface area (TPSA) is 37.4 Å². The van der Waals surface area contributed by atoms with Crippen LogP contribution in [0.1, 0.15) is 15.9 Å². The fourth-order valence-corrected chi connectivity index (χ4v) is 1.66. The molecule has 0 bridgehead atoms. The van der Waals surface area contributed by atoms with Crippen LogP contribution in [0.15, 0.2) is 18.2 Å². The number of hydrogen-bond donors (Lipinski definition) is 0. The third-order valence-corrected chi connectivity index (χ3v) is 2.33. The summed E-state index contributed by atoms with van der Waals surface area (Å²) in [5.74, 6) is 0.0456. The minimum absolute atomic E-state index is 0.0456. The summed E-state index contributed by atoms with van der Waals surface area (Å²) < 4.78 is 0. The molecule has 0 spiro atoms. The highest BCUT2D eigenvalue weighted by Crippen LogP contribution is 2.30. The van der Waals surface area contributed by atoms with Crippen LogP contribution in [-0.2, 0) is 11.2 Å². The van der Waals surface area contributed by atoms with Gasteiger partial charge in [-0.25, -0.2) is 0 Å². The van der Waals surface area contributed by atoms with Gasteiger partial charge in [0.05, 0.1) is 12.1 Å². The van der Waals surface area contributed by atoms with Gasteiger partial charge < -0.3 is 4.90 Å². The van der Waals surface area contributed by atoms with Gasteiger partial charge in [0.2, 0.25) is 5.91 Å². The van der Waals surface area contributed by atoms with Crippen LogP contribution in [0.2, 0.25) is 0 Å². The van der Waals surface area contributed by atoms with Crippen LogP contribution in [0.5, 0.6) is 0 Å². The molecule has 3 heteroatoms. The number of rotatable bonds is 1. The van der Waals surface area contributed by atoms with Crippen molar-refractivity contribution in [2.45, 2.75) is 6.42 Å². The molecule has 1 aliphatic rings. The first-order valence-electron chi connectivity index (χ1n) is 4.07. The Bertz CT molecular complexity index is 385. The maximum Gasteiger partial charge on any atom is 0.231 e. The smallest absolute Gasteiger partial charge is 0.231 e. The maximum absolute atomic E-state index is 11.3. The van der Waals surface area contributed by atoms with Gasteiger partial charge in [0.25, 0.3) is 0 Å². The van der Waals surface area contributed by atoms with Gasteiger partial charge in [-0.1, -0.05) is 12.1 Å². The molecule has 13 heavy (non-hydrogen) atoms. The third-order valence-electron chi connectivity index (χ3n) is 2.33. The summed E-state index contributed by atoms with van der Waals surface area (Å²) in [5, 5.41) is 0. The molecule has 0 atom stereocenters. The summed E-state index contributed by atoms with van der Waals surface area (Å²) in [4.78, 5) is 23.5. The van der Waals surface area contributed by atoms with Crippen LogP contribution in [0.3, 0.4) is 0 Å². The van der Waals surface area contributed by atoms with E-state index in [1.54, 1.807) is 24.1 Å². The molecule has 1 heterocycles. The lowest BCUT2D eigenvalue weighted by Gasteiger charge is -2.11. The Morgan fingerprint density at radius 2 is 2.23 bits per heavy atom. The molecular formula is C10H9NO2. The molecule has 0 radical (unpaired) electrons. The zero-order valence-electron chi connectivity index (χ0n) is 7.28. The van der Waals surface area contributed by atoms with Gasteiger partial charge in [-0.2, -0.15) is 0 Å². The number of carbonyl (C=O) groups is 2. The summed E-state index contributed by atoms with van der Waals surface area (Å²) in [7, 11) is 1.70. The fourth-order valence-electron chi connectivity index (χ4n) is 1.66. The number of likely N-dealkylation sites (N-methyl/N-ethyl adjacent to an activating group) is 1. The number of aldehydes is 1. The molecule has 1 aromatic carbocycles. The predicted molar refractivity (Wildman–Crippen MR) is 48.9 cm³/mol. The van der Waals surface area contributed by atoms with Crippen molar-refractivity contribution in [2.75, 3.05) is 11.9 Å². The number of carbonyl (C=O) groups excluding carboxylic acids is 2. The molecule has 0 aromatic heterocycles. The summed E-state index contributed by atoms with van der Waals surface area (Å²) in [5.41, 5.74) is 2.30. The van der Waals surface area contributed by atoms with Crippen molar-refractivity contribution in [3.05, 3.63) is 29.3 Å². The van der Waals surface area contributed by atoms with Crippen molar-refractivity contribution >= 4 is 17.9 Å². The molecule has 0 fully saturated rings. The Hall–Kier alpha value is -1.64. The minimum Gasteiger partial charge on any atom is -0.314 e. The van der Waals surface area contributed by atoms with Crippen LogP contribution in [0.25, 0.3) is 0 Å². The van der Waals surface area contributed by atoms with Crippen molar-refractivity contribution in [3.8, 4) is 0 Å². The first-order valence-corrected chi connectivity index (χ1v) is 4.07. The Kier molecular flexibility index (Phi) is 1.65. The van der Waals surface area contributed by atoms with Gasteiger partial charge in [-0.05, 0) is 11.6 Å².